The van der Waals surface area contributed by atoms with Gasteiger partial charge in [-0.25, -0.2) is 0 Å². The minimum Gasteiger partial charge on any atom is -0.507 e. The number of carbonyl (C=O) groups is 2. The third-order valence-electron chi connectivity index (χ3n) is 8.36. The molecule has 0 saturated carbocycles. The first kappa shape index (κ1) is 26.7. The first-order valence-corrected chi connectivity index (χ1v) is 13.9. The smallest absolute Gasteiger partial charge is 0.233 e. The Hall–Kier alpha value is -2.40. The van der Waals surface area contributed by atoms with Gasteiger partial charge in [0.05, 0.1) is 24.5 Å². The monoisotopic (exact) mass is 493 g/mol. The van der Waals surface area contributed by atoms with Gasteiger partial charge in [0.2, 0.25) is 11.8 Å². The molecule has 5 heteroatoms. The van der Waals surface area contributed by atoms with Crippen LogP contribution < -0.4 is 0 Å². The second-order valence-electron chi connectivity index (χ2n) is 11.3. The number of imide groups is 1. The topological polar surface area (TPSA) is 66.8 Å². The van der Waals surface area contributed by atoms with Crippen molar-refractivity contribution in [2.24, 2.45) is 23.7 Å². The number of hydrogen-bond acceptors (Lipinski definition) is 4. The average molecular weight is 494 g/mol. The van der Waals surface area contributed by atoms with Crippen LogP contribution in [0.2, 0.25) is 0 Å². The predicted molar refractivity (Wildman–Crippen MR) is 143 cm³/mol. The van der Waals surface area contributed by atoms with Gasteiger partial charge in [-0.1, -0.05) is 51.3 Å². The highest BCUT2D eigenvalue weighted by atomic mass is 16.5. The number of nitrogens with zero attached hydrogens (tertiary/aromatic N) is 1. The van der Waals surface area contributed by atoms with E-state index in [1.807, 2.05) is 32.9 Å². The van der Waals surface area contributed by atoms with E-state index in [1.54, 1.807) is 0 Å². The van der Waals surface area contributed by atoms with E-state index in [1.165, 1.54) is 21.6 Å². The summed E-state index contributed by atoms with van der Waals surface area (Å²) in [5.74, 6) is 0.325. The third-order valence-corrected chi connectivity index (χ3v) is 8.36. The van der Waals surface area contributed by atoms with Gasteiger partial charge < -0.3 is 9.84 Å². The van der Waals surface area contributed by atoms with E-state index in [0.29, 0.717) is 31.2 Å². The van der Waals surface area contributed by atoms with Gasteiger partial charge in [0.25, 0.3) is 0 Å². The Kier molecular flexibility index (Phi) is 8.09. The largest absolute Gasteiger partial charge is 0.507 e. The molecule has 36 heavy (non-hydrogen) atoms. The number of allylic oxidation sites excluding steroid dienone is 2. The van der Waals surface area contributed by atoms with Crippen molar-refractivity contribution in [1.29, 1.82) is 0 Å². The lowest BCUT2D eigenvalue weighted by atomic mass is 9.67. The van der Waals surface area contributed by atoms with E-state index in [0.717, 1.165) is 48.8 Å². The molecule has 1 aromatic rings. The van der Waals surface area contributed by atoms with E-state index < -0.39 is 0 Å². The number of aromatic hydroxyl groups is 1. The number of phenolic OH excluding ortho intramolecular Hbond substituents is 1. The number of ether oxygens (including phenoxy) is 1. The second kappa shape index (κ2) is 10.9. The third kappa shape index (κ3) is 4.91. The van der Waals surface area contributed by atoms with Crippen LogP contribution in [0.3, 0.4) is 0 Å². The van der Waals surface area contributed by atoms with Crippen LogP contribution in [0, 0.1) is 37.5 Å². The maximum Gasteiger partial charge on any atom is 0.233 e. The summed E-state index contributed by atoms with van der Waals surface area (Å²) >= 11 is 0. The second-order valence-corrected chi connectivity index (χ2v) is 11.3. The van der Waals surface area contributed by atoms with E-state index in [9.17, 15) is 14.7 Å². The molecule has 0 bridgehead atoms. The summed E-state index contributed by atoms with van der Waals surface area (Å²) < 4.78 is 6.40. The summed E-state index contributed by atoms with van der Waals surface area (Å²) in [6.45, 7) is 13.6. The molecule has 3 aliphatic rings. The Balaban J connectivity index is 1.57. The summed E-state index contributed by atoms with van der Waals surface area (Å²) in [5.41, 5.74) is 6.97. The van der Waals surface area contributed by atoms with Gasteiger partial charge in [0.15, 0.2) is 0 Å². The Labute approximate surface area is 216 Å². The molecule has 0 unspecified atom stereocenters. The zero-order valence-corrected chi connectivity index (χ0v) is 22.9. The number of benzene rings is 1. The SMILES string of the molecule is CCC/C(=C\c1cc(C)c(O)c(C)c1)CC[C@H]1OC[C@H]2C1=C(C(C)C)C[C@H]1C(=O)N(CCC)C(=O)[C@H]12. The molecule has 4 atom stereocenters. The summed E-state index contributed by atoms with van der Waals surface area (Å²) in [5, 5.41) is 10.2. The molecule has 196 valence electrons. The quantitative estimate of drug-likeness (QED) is 0.321. The Morgan fingerprint density at radius 2 is 1.78 bits per heavy atom. The van der Waals surface area contributed by atoms with E-state index in [2.05, 4.69) is 26.8 Å². The molecule has 4 rings (SSSR count). The fraction of sp³-hybridized carbons (Fsp3) is 0.613. The zero-order chi connectivity index (χ0) is 26.1. The maximum absolute atomic E-state index is 13.3. The highest BCUT2D eigenvalue weighted by Crippen LogP contribution is 2.51. The molecule has 1 aliphatic carbocycles. The van der Waals surface area contributed by atoms with Gasteiger partial charge in [-0.15, -0.1) is 0 Å². The molecule has 2 amide bonds. The summed E-state index contributed by atoms with van der Waals surface area (Å²) in [6.07, 6.45) is 7.70. The molecular formula is C31H43NO4. The molecule has 2 heterocycles. The van der Waals surface area contributed by atoms with Crippen LogP contribution in [-0.2, 0) is 14.3 Å². The fourth-order valence-electron chi connectivity index (χ4n) is 6.68. The molecule has 2 fully saturated rings. The van der Waals surface area contributed by atoms with Crippen molar-refractivity contribution >= 4 is 17.9 Å². The van der Waals surface area contributed by atoms with Crippen molar-refractivity contribution in [3.8, 4) is 5.75 Å². The lowest BCUT2D eigenvalue weighted by Gasteiger charge is -2.33. The van der Waals surface area contributed by atoms with Gasteiger partial charge in [0.1, 0.15) is 5.75 Å². The van der Waals surface area contributed by atoms with Crippen LogP contribution in [-0.4, -0.2) is 41.1 Å². The minimum absolute atomic E-state index is 0.0139. The zero-order valence-electron chi connectivity index (χ0n) is 22.9. The molecule has 1 N–H and O–H groups in total. The Morgan fingerprint density at radius 3 is 2.39 bits per heavy atom. The van der Waals surface area contributed by atoms with Gasteiger partial charge in [-0.05, 0) is 86.3 Å². The van der Waals surface area contributed by atoms with Crippen molar-refractivity contribution in [3.63, 3.8) is 0 Å². The van der Waals surface area contributed by atoms with Crippen molar-refractivity contribution in [2.45, 2.75) is 86.2 Å². The Bertz CT molecular complexity index is 1060. The number of hydrogen-bond donors (Lipinski definition) is 1. The average Bonchev–Trinajstić information content (AvgIpc) is 3.35. The standard InChI is InChI=1S/C31H43NO4/c1-7-9-21(15-22-13-19(5)29(33)20(6)14-22)10-11-26-27-23(18(3)4)16-24-28(25(27)17-36-26)31(35)32(12-8-2)30(24)34/h13-15,18,24-26,28,33H,7-12,16-17H2,1-6H3/b21-15+/t24-,25+,26-,28-/m1/s1. The van der Waals surface area contributed by atoms with Crippen LogP contribution in [0.25, 0.3) is 6.08 Å². The summed E-state index contributed by atoms with van der Waals surface area (Å²) in [6, 6.07) is 4.09. The number of phenols is 1. The number of carbonyl (C=O) groups excluding carboxylic acids is 2. The molecule has 0 aromatic heterocycles. The summed E-state index contributed by atoms with van der Waals surface area (Å²) in [7, 11) is 0. The Morgan fingerprint density at radius 1 is 1.08 bits per heavy atom. The number of aryl methyl sites for hydroxylation is 2. The van der Waals surface area contributed by atoms with E-state index in [4.69, 9.17) is 4.74 Å². The van der Waals surface area contributed by atoms with Crippen molar-refractivity contribution < 1.29 is 19.4 Å². The lowest BCUT2D eigenvalue weighted by Crippen LogP contribution is -2.35. The molecule has 5 nitrogen and oxygen atoms in total. The van der Waals surface area contributed by atoms with Crippen molar-refractivity contribution in [3.05, 3.63) is 45.5 Å². The first-order chi connectivity index (χ1) is 17.2. The number of fused-ring (bicyclic) bond motifs is 3. The van der Waals surface area contributed by atoms with Crippen LogP contribution in [0.4, 0.5) is 0 Å². The number of likely N-dealkylation sites (tertiary alicyclic amines) is 1. The molecule has 0 radical (unpaired) electrons. The van der Waals surface area contributed by atoms with Crippen molar-refractivity contribution in [2.75, 3.05) is 13.2 Å². The predicted octanol–water partition coefficient (Wildman–Crippen LogP) is 6.36. The maximum atomic E-state index is 13.3. The van der Waals surface area contributed by atoms with Gasteiger partial charge in [0, 0.05) is 12.5 Å². The normalized spacial score (nSPS) is 26.3. The van der Waals surface area contributed by atoms with Gasteiger partial charge in [-0.2, -0.15) is 0 Å². The van der Waals surface area contributed by atoms with E-state index in [-0.39, 0.29) is 35.7 Å². The molecular weight excluding hydrogens is 450 g/mol. The molecule has 2 saturated heterocycles. The van der Waals surface area contributed by atoms with Crippen molar-refractivity contribution in [1.82, 2.24) is 4.90 Å². The fourth-order valence-corrected chi connectivity index (χ4v) is 6.68. The van der Waals surface area contributed by atoms with Crippen LogP contribution in [0.15, 0.2) is 28.9 Å². The lowest BCUT2D eigenvalue weighted by molar-refractivity contribution is -0.140. The van der Waals surface area contributed by atoms with Gasteiger partial charge in [-0.3, -0.25) is 14.5 Å². The molecule has 0 spiro atoms. The number of amides is 2. The van der Waals surface area contributed by atoms with E-state index >= 15 is 0 Å². The first-order valence-electron chi connectivity index (χ1n) is 13.9. The minimum atomic E-state index is -0.250. The molecule has 1 aromatic carbocycles. The summed E-state index contributed by atoms with van der Waals surface area (Å²) in [4.78, 5) is 27.9. The van der Waals surface area contributed by atoms with Crippen LogP contribution in [0.5, 0.6) is 5.75 Å². The highest BCUT2D eigenvalue weighted by molar-refractivity contribution is 6.06. The highest BCUT2D eigenvalue weighted by Gasteiger charge is 2.56. The van der Waals surface area contributed by atoms with Crippen LogP contribution in [0.1, 0.15) is 82.9 Å². The van der Waals surface area contributed by atoms with Gasteiger partial charge >= 0.3 is 0 Å². The van der Waals surface area contributed by atoms with Crippen LogP contribution >= 0.6 is 0 Å². The number of rotatable bonds is 9. The molecule has 2 aliphatic heterocycles.